The lowest BCUT2D eigenvalue weighted by atomic mass is 9.83. The molecule has 12 heavy (non-hydrogen) atoms. The Bertz CT molecular complexity index is 260. The first-order valence-electron chi connectivity index (χ1n) is 4.28. The Morgan fingerprint density at radius 3 is 2.33 bits per heavy atom. The summed E-state index contributed by atoms with van der Waals surface area (Å²) in [7, 11) is -0.436. The van der Waals surface area contributed by atoms with Crippen molar-refractivity contribution in [2.75, 3.05) is 0 Å². The summed E-state index contributed by atoms with van der Waals surface area (Å²) in [6, 6.07) is 4.01. The molecule has 66 valence electrons. The molecule has 0 saturated heterocycles. The summed E-state index contributed by atoms with van der Waals surface area (Å²) in [5, 5.41) is 9.42. The second-order valence-electron chi connectivity index (χ2n) is 4.18. The van der Waals surface area contributed by atoms with Crippen LogP contribution in [0, 0.1) is 0 Å². The van der Waals surface area contributed by atoms with E-state index >= 15 is 0 Å². The van der Waals surface area contributed by atoms with Crippen LogP contribution in [0.5, 0.6) is 0 Å². The van der Waals surface area contributed by atoms with Crippen LogP contribution in [-0.2, 0) is 5.41 Å². The van der Waals surface area contributed by atoms with Gasteiger partial charge in [-0.1, -0.05) is 20.8 Å². The van der Waals surface area contributed by atoms with Gasteiger partial charge in [-0.05, 0) is 25.2 Å². The number of rotatable bonds is 1. The van der Waals surface area contributed by atoms with E-state index in [0.29, 0.717) is 0 Å². The average molecular weight is 165 g/mol. The molecule has 0 bridgehead atoms. The zero-order valence-electron chi connectivity index (χ0n) is 8.20. The fourth-order valence-electron chi connectivity index (χ4n) is 1.36. The van der Waals surface area contributed by atoms with Gasteiger partial charge in [0.05, 0.1) is 0 Å². The van der Waals surface area contributed by atoms with Gasteiger partial charge in [-0.25, -0.2) is 0 Å². The van der Waals surface area contributed by atoms with Crippen molar-refractivity contribution in [3.05, 3.63) is 24.0 Å². The van der Waals surface area contributed by atoms with Gasteiger partial charge in [-0.2, -0.15) is 0 Å². The van der Waals surface area contributed by atoms with E-state index in [1.165, 1.54) is 0 Å². The molecule has 0 atom stereocenters. The zero-order chi connectivity index (χ0) is 9.35. The molecule has 1 heterocycles. The lowest BCUT2D eigenvalue weighted by molar-refractivity contribution is 0.524. The molecular weight excluding hydrogens is 149 g/mol. The van der Waals surface area contributed by atoms with Gasteiger partial charge in [0.2, 0.25) is 0 Å². The van der Waals surface area contributed by atoms with Gasteiger partial charge in [0.25, 0.3) is 0 Å². The maximum absolute atomic E-state index is 9.42. The standard InChI is InChI=1S/C9H16BNO/c1-9(2,3)8-6-5-7-11(8)10(4)12/h5-7,12H,1-4H3. The Kier molecular flexibility index (Phi) is 2.33. The molecule has 0 aliphatic rings. The van der Waals surface area contributed by atoms with E-state index in [9.17, 15) is 5.02 Å². The maximum atomic E-state index is 9.42. The van der Waals surface area contributed by atoms with Crippen LogP contribution in [0.2, 0.25) is 6.82 Å². The molecule has 0 amide bonds. The summed E-state index contributed by atoms with van der Waals surface area (Å²) in [6.07, 6.45) is 1.91. The van der Waals surface area contributed by atoms with Crippen LogP contribution in [0.15, 0.2) is 18.3 Å². The van der Waals surface area contributed by atoms with Crippen LogP contribution < -0.4 is 0 Å². The van der Waals surface area contributed by atoms with Crippen molar-refractivity contribution in [1.29, 1.82) is 0 Å². The van der Waals surface area contributed by atoms with Crippen molar-refractivity contribution in [3.8, 4) is 0 Å². The van der Waals surface area contributed by atoms with E-state index in [1.807, 2.05) is 22.8 Å². The van der Waals surface area contributed by atoms with E-state index in [4.69, 9.17) is 0 Å². The molecule has 0 aliphatic heterocycles. The van der Waals surface area contributed by atoms with Gasteiger partial charge in [0.1, 0.15) is 0 Å². The van der Waals surface area contributed by atoms with Gasteiger partial charge in [-0.15, -0.1) is 0 Å². The van der Waals surface area contributed by atoms with Gasteiger partial charge in [-0.3, -0.25) is 0 Å². The van der Waals surface area contributed by atoms with E-state index < -0.39 is 7.05 Å². The quantitative estimate of drug-likeness (QED) is 0.630. The van der Waals surface area contributed by atoms with E-state index in [2.05, 4.69) is 20.8 Å². The van der Waals surface area contributed by atoms with Crippen molar-refractivity contribution in [2.45, 2.75) is 33.0 Å². The van der Waals surface area contributed by atoms with Gasteiger partial charge in [0.15, 0.2) is 0 Å². The third kappa shape index (κ3) is 1.72. The monoisotopic (exact) mass is 165 g/mol. The highest BCUT2D eigenvalue weighted by Crippen LogP contribution is 2.22. The summed E-state index contributed by atoms with van der Waals surface area (Å²) >= 11 is 0. The van der Waals surface area contributed by atoms with Gasteiger partial charge >= 0.3 is 7.05 Å². The minimum Gasteiger partial charge on any atom is -0.432 e. The molecule has 1 N–H and O–H groups in total. The van der Waals surface area contributed by atoms with E-state index in [-0.39, 0.29) is 5.41 Å². The summed E-state index contributed by atoms with van der Waals surface area (Å²) in [4.78, 5) is 0. The predicted octanol–water partition coefficient (Wildman–Crippen LogP) is 1.74. The first kappa shape index (κ1) is 9.39. The topological polar surface area (TPSA) is 25.2 Å². The Morgan fingerprint density at radius 1 is 1.42 bits per heavy atom. The molecule has 2 nitrogen and oxygen atoms in total. The molecule has 1 rings (SSSR count). The molecule has 0 aromatic carbocycles. The van der Waals surface area contributed by atoms with E-state index in [1.54, 1.807) is 6.82 Å². The largest absolute Gasteiger partial charge is 0.432 e. The van der Waals surface area contributed by atoms with Crippen LogP contribution in [0.25, 0.3) is 0 Å². The average Bonchev–Trinajstić information content (AvgIpc) is 2.30. The first-order chi connectivity index (χ1) is 5.43. The number of nitrogens with zero attached hydrogens (tertiary/aromatic N) is 1. The van der Waals surface area contributed by atoms with Crippen molar-refractivity contribution in [3.63, 3.8) is 0 Å². The summed E-state index contributed by atoms with van der Waals surface area (Å²) < 4.78 is 1.89. The van der Waals surface area contributed by atoms with Crippen molar-refractivity contribution in [2.24, 2.45) is 0 Å². The normalized spacial score (nSPS) is 11.8. The van der Waals surface area contributed by atoms with Crippen LogP contribution in [-0.4, -0.2) is 16.6 Å². The minimum absolute atomic E-state index is 0.0977. The fraction of sp³-hybridized carbons (Fsp3) is 0.556. The summed E-state index contributed by atoms with van der Waals surface area (Å²) in [5.74, 6) is 0. The van der Waals surface area contributed by atoms with Gasteiger partial charge < -0.3 is 9.50 Å². The molecular formula is C9H16BNO. The Labute approximate surface area is 74.3 Å². The zero-order valence-corrected chi connectivity index (χ0v) is 8.20. The Hall–Kier alpha value is -0.695. The second kappa shape index (κ2) is 2.98. The van der Waals surface area contributed by atoms with Gasteiger partial charge in [0, 0.05) is 11.1 Å². The first-order valence-corrected chi connectivity index (χ1v) is 4.28. The molecule has 0 aliphatic carbocycles. The third-order valence-corrected chi connectivity index (χ3v) is 1.95. The fourth-order valence-corrected chi connectivity index (χ4v) is 1.36. The Balaban J connectivity index is 3.08. The number of hydrogen-bond donors (Lipinski definition) is 1. The molecule has 0 fully saturated rings. The molecule has 1 aromatic rings. The highest BCUT2D eigenvalue weighted by Gasteiger charge is 2.20. The minimum atomic E-state index is -0.436. The van der Waals surface area contributed by atoms with Crippen LogP contribution in [0.4, 0.5) is 0 Å². The highest BCUT2D eigenvalue weighted by molar-refractivity contribution is 6.46. The molecule has 0 radical (unpaired) electrons. The van der Waals surface area contributed by atoms with Crippen molar-refractivity contribution in [1.82, 2.24) is 4.48 Å². The van der Waals surface area contributed by atoms with Crippen molar-refractivity contribution >= 4 is 7.05 Å². The second-order valence-corrected chi connectivity index (χ2v) is 4.18. The number of hydrogen-bond acceptors (Lipinski definition) is 1. The third-order valence-electron chi connectivity index (χ3n) is 1.95. The SMILES string of the molecule is CB(O)n1cccc1C(C)(C)C. The lowest BCUT2D eigenvalue weighted by Gasteiger charge is -2.22. The molecule has 0 spiro atoms. The predicted molar refractivity (Wildman–Crippen MR) is 52.4 cm³/mol. The maximum Gasteiger partial charge on any atom is 0.413 e. The lowest BCUT2D eigenvalue weighted by Crippen LogP contribution is -2.26. The smallest absolute Gasteiger partial charge is 0.413 e. The summed E-state index contributed by atoms with van der Waals surface area (Å²) in [6.45, 7) is 8.19. The van der Waals surface area contributed by atoms with Crippen LogP contribution in [0.3, 0.4) is 0 Å². The molecule has 0 unspecified atom stereocenters. The number of aromatic nitrogens is 1. The molecule has 3 heteroatoms. The van der Waals surface area contributed by atoms with E-state index in [0.717, 1.165) is 5.69 Å². The van der Waals surface area contributed by atoms with Crippen LogP contribution in [0.1, 0.15) is 26.5 Å². The highest BCUT2D eigenvalue weighted by atomic mass is 16.2. The molecule has 1 aromatic heterocycles. The molecule has 0 saturated carbocycles. The Morgan fingerprint density at radius 2 is 2.00 bits per heavy atom. The van der Waals surface area contributed by atoms with Crippen molar-refractivity contribution < 1.29 is 5.02 Å². The van der Waals surface area contributed by atoms with Crippen LogP contribution >= 0.6 is 0 Å². The summed E-state index contributed by atoms with van der Waals surface area (Å²) in [5.41, 5.74) is 1.26.